The van der Waals surface area contributed by atoms with Gasteiger partial charge in [0.1, 0.15) is 18.6 Å². The number of fused-ring (bicyclic) bond motifs is 3. The maximum Gasteiger partial charge on any atom is 0.261 e. The molecule has 1 aliphatic heterocycles. The van der Waals surface area contributed by atoms with E-state index in [9.17, 15) is 9.59 Å². The zero-order valence-corrected chi connectivity index (χ0v) is 15.0. The molecule has 26 heavy (non-hydrogen) atoms. The fourth-order valence-electron chi connectivity index (χ4n) is 3.96. The van der Waals surface area contributed by atoms with E-state index in [2.05, 4.69) is 4.98 Å². The number of hydrogen-bond donors (Lipinski definition) is 1. The molecule has 0 saturated carbocycles. The third-order valence-electron chi connectivity index (χ3n) is 5.40. The maximum absolute atomic E-state index is 12.8. The van der Waals surface area contributed by atoms with Crippen molar-refractivity contribution in [3.05, 3.63) is 46.1 Å². The molecule has 1 fully saturated rings. The maximum atomic E-state index is 12.8. The second-order valence-electron chi connectivity index (χ2n) is 7.02. The fraction of sp³-hybridized carbons (Fsp3) is 0.421. The van der Waals surface area contributed by atoms with E-state index in [1.54, 1.807) is 22.8 Å². The molecule has 1 aliphatic rings. The Balaban J connectivity index is 1.79. The van der Waals surface area contributed by atoms with E-state index in [1.165, 1.54) is 0 Å². The Hall–Kier alpha value is -2.67. The first-order valence-electron chi connectivity index (χ1n) is 8.86. The molecule has 7 nitrogen and oxygen atoms in total. The highest BCUT2D eigenvalue weighted by Gasteiger charge is 2.27. The van der Waals surface area contributed by atoms with Crippen molar-refractivity contribution in [3.63, 3.8) is 0 Å². The third kappa shape index (κ3) is 2.50. The molecule has 136 valence electrons. The van der Waals surface area contributed by atoms with E-state index in [0.717, 1.165) is 35.3 Å². The van der Waals surface area contributed by atoms with Crippen LogP contribution in [0.5, 0.6) is 0 Å². The topological polar surface area (TPSA) is 79.8 Å². The number of amides is 1. The number of likely N-dealkylation sites (tertiary alicyclic amines) is 1. The highest BCUT2D eigenvalue weighted by molar-refractivity contribution is 5.82. The molecule has 1 N–H and O–H groups in total. The zero-order chi connectivity index (χ0) is 18.4. The van der Waals surface area contributed by atoms with Crippen LogP contribution in [0.4, 0.5) is 0 Å². The third-order valence-corrected chi connectivity index (χ3v) is 5.40. The first kappa shape index (κ1) is 16.8. The number of imidazole rings is 1. The Labute approximate surface area is 150 Å². The van der Waals surface area contributed by atoms with E-state index in [0.29, 0.717) is 18.5 Å². The van der Waals surface area contributed by atoms with Crippen molar-refractivity contribution in [2.75, 3.05) is 19.7 Å². The van der Waals surface area contributed by atoms with E-state index in [-0.39, 0.29) is 17.4 Å². The summed E-state index contributed by atoms with van der Waals surface area (Å²) in [6.45, 7) is 2.73. The summed E-state index contributed by atoms with van der Waals surface area (Å²) in [6, 6.07) is 5.88. The highest BCUT2D eigenvalue weighted by Crippen LogP contribution is 2.30. The normalized spacial score (nSPS) is 15.9. The van der Waals surface area contributed by atoms with E-state index < -0.39 is 6.61 Å². The lowest BCUT2D eigenvalue weighted by atomic mass is 9.93. The van der Waals surface area contributed by atoms with Crippen molar-refractivity contribution in [1.82, 2.24) is 18.9 Å². The summed E-state index contributed by atoms with van der Waals surface area (Å²) in [5.74, 6) is -0.0387. The van der Waals surface area contributed by atoms with Gasteiger partial charge in [0.25, 0.3) is 5.56 Å². The molecule has 0 bridgehead atoms. The van der Waals surface area contributed by atoms with Crippen LogP contribution < -0.4 is 5.56 Å². The first-order valence-corrected chi connectivity index (χ1v) is 8.86. The number of aliphatic hydroxyl groups is 1. The van der Waals surface area contributed by atoms with Crippen LogP contribution in [-0.4, -0.2) is 49.6 Å². The second kappa shape index (κ2) is 6.25. The molecule has 3 aromatic rings. The van der Waals surface area contributed by atoms with Gasteiger partial charge in [0.15, 0.2) is 0 Å². The minimum absolute atomic E-state index is 0.0224. The van der Waals surface area contributed by atoms with E-state index >= 15 is 0 Å². The Bertz CT molecular complexity index is 1060. The summed E-state index contributed by atoms with van der Waals surface area (Å²) in [4.78, 5) is 30.8. The fourth-order valence-corrected chi connectivity index (χ4v) is 3.96. The number of carbonyl (C=O) groups is 1. The SMILES string of the molecule is Cc1ccc2c(c1)c(=O)n(C)c1c(C3CCN(C(=O)CO)CC3)ncn21. The summed E-state index contributed by atoms with van der Waals surface area (Å²) >= 11 is 0. The molecule has 1 amide bonds. The standard InChI is InChI=1S/C19H22N4O3/c1-12-3-4-15-14(9-12)19(26)21(2)18-17(20-11-23(15)18)13-5-7-22(8-6-13)16(25)10-24/h3-4,9,11,13,24H,5-8,10H2,1-2H3. The molecule has 0 aliphatic carbocycles. The minimum Gasteiger partial charge on any atom is -0.387 e. The van der Waals surface area contributed by atoms with Gasteiger partial charge < -0.3 is 10.0 Å². The average Bonchev–Trinajstić information content (AvgIpc) is 3.10. The van der Waals surface area contributed by atoms with E-state index in [1.807, 2.05) is 29.5 Å². The molecule has 1 aromatic carbocycles. The van der Waals surface area contributed by atoms with Gasteiger partial charge in [-0.05, 0) is 31.9 Å². The molecular formula is C19H22N4O3. The smallest absolute Gasteiger partial charge is 0.261 e. The van der Waals surface area contributed by atoms with Crippen LogP contribution in [0, 0.1) is 6.92 Å². The van der Waals surface area contributed by atoms with Gasteiger partial charge in [-0.2, -0.15) is 0 Å². The molecule has 1 saturated heterocycles. The summed E-state index contributed by atoms with van der Waals surface area (Å²) in [7, 11) is 1.79. The van der Waals surface area contributed by atoms with Crippen LogP contribution in [0.3, 0.4) is 0 Å². The minimum atomic E-state index is -0.446. The Morgan fingerprint density at radius 2 is 2.04 bits per heavy atom. The molecule has 0 atom stereocenters. The van der Waals surface area contributed by atoms with Crippen LogP contribution in [0.15, 0.2) is 29.3 Å². The van der Waals surface area contributed by atoms with Crippen LogP contribution in [0.1, 0.15) is 30.0 Å². The summed E-state index contributed by atoms with van der Waals surface area (Å²) in [5, 5.41) is 9.71. The van der Waals surface area contributed by atoms with Crippen molar-refractivity contribution in [1.29, 1.82) is 0 Å². The molecule has 4 rings (SSSR count). The van der Waals surface area contributed by atoms with Crippen molar-refractivity contribution in [2.45, 2.75) is 25.7 Å². The molecular weight excluding hydrogens is 332 g/mol. The number of aryl methyl sites for hydroxylation is 2. The van der Waals surface area contributed by atoms with Gasteiger partial charge in [-0.3, -0.25) is 18.6 Å². The highest BCUT2D eigenvalue weighted by atomic mass is 16.3. The van der Waals surface area contributed by atoms with Crippen molar-refractivity contribution in [2.24, 2.45) is 7.05 Å². The van der Waals surface area contributed by atoms with Gasteiger partial charge in [-0.1, -0.05) is 11.6 Å². The van der Waals surface area contributed by atoms with Crippen molar-refractivity contribution < 1.29 is 9.90 Å². The van der Waals surface area contributed by atoms with Crippen LogP contribution in [-0.2, 0) is 11.8 Å². The lowest BCUT2D eigenvalue weighted by Crippen LogP contribution is -2.39. The Morgan fingerprint density at radius 3 is 2.73 bits per heavy atom. The molecule has 0 spiro atoms. The van der Waals surface area contributed by atoms with Gasteiger partial charge in [-0.25, -0.2) is 4.98 Å². The summed E-state index contributed by atoms with van der Waals surface area (Å²) < 4.78 is 3.66. The average molecular weight is 354 g/mol. The number of benzene rings is 1. The molecule has 3 heterocycles. The molecule has 2 aromatic heterocycles. The predicted molar refractivity (Wildman–Crippen MR) is 98.3 cm³/mol. The predicted octanol–water partition coefficient (Wildman–Crippen LogP) is 1.19. The van der Waals surface area contributed by atoms with Crippen LogP contribution in [0.2, 0.25) is 0 Å². The Morgan fingerprint density at radius 1 is 1.31 bits per heavy atom. The van der Waals surface area contributed by atoms with Crippen LogP contribution >= 0.6 is 0 Å². The number of hydrogen-bond acceptors (Lipinski definition) is 4. The Kier molecular flexibility index (Phi) is 4.03. The summed E-state index contributed by atoms with van der Waals surface area (Å²) in [6.07, 6.45) is 3.34. The lowest BCUT2D eigenvalue weighted by Gasteiger charge is -2.31. The van der Waals surface area contributed by atoms with Gasteiger partial charge >= 0.3 is 0 Å². The largest absolute Gasteiger partial charge is 0.387 e. The number of nitrogens with zero attached hydrogens (tertiary/aromatic N) is 4. The van der Waals surface area contributed by atoms with Gasteiger partial charge in [0.05, 0.1) is 16.6 Å². The van der Waals surface area contributed by atoms with E-state index in [4.69, 9.17) is 5.11 Å². The van der Waals surface area contributed by atoms with Gasteiger partial charge in [0, 0.05) is 26.1 Å². The number of rotatable bonds is 2. The quantitative estimate of drug-likeness (QED) is 0.750. The first-order chi connectivity index (χ1) is 12.5. The number of piperidine rings is 1. The van der Waals surface area contributed by atoms with Crippen molar-refractivity contribution >= 4 is 22.5 Å². The summed E-state index contributed by atoms with van der Waals surface area (Å²) in [5.41, 5.74) is 3.61. The monoisotopic (exact) mass is 354 g/mol. The lowest BCUT2D eigenvalue weighted by molar-refractivity contribution is -0.135. The van der Waals surface area contributed by atoms with Crippen LogP contribution in [0.25, 0.3) is 16.6 Å². The number of aliphatic hydroxyl groups excluding tert-OH is 1. The van der Waals surface area contributed by atoms with Gasteiger partial charge in [-0.15, -0.1) is 0 Å². The second-order valence-corrected chi connectivity index (χ2v) is 7.02. The zero-order valence-electron chi connectivity index (χ0n) is 15.0. The molecule has 0 unspecified atom stereocenters. The molecule has 0 radical (unpaired) electrons. The number of carbonyl (C=O) groups excluding carboxylic acids is 1. The van der Waals surface area contributed by atoms with Gasteiger partial charge in [0.2, 0.25) is 5.91 Å². The molecule has 7 heteroatoms. The van der Waals surface area contributed by atoms with Crippen molar-refractivity contribution in [3.8, 4) is 0 Å². The number of aromatic nitrogens is 3.